The van der Waals surface area contributed by atoms with Gasteiger partial charge in [0.15, 0.2) is 10.5 Å². The molecule has 0 aliphatic rings. The van der Waals surface area contributed by atoms with E-state index < -0.39 is 0 Å². The predicted octanol–water partition coefficient (Wildman–Crippen LogP) is 3.41. The fraction of sp³-hybridized carbons (Fsp3) is 0. The lowest BCUT2D eigenvalue weighted by Crippen LogP contribution is -2.00. The first-order valence-corrected chi connectivity index (χ1v) is 5.01. The van der Waals surface area contributed by atoms with Crippen molar-refractivity contribution >= 4 is 21.7 Å². The highest BCUT2D eigenvalue weighted by atomic mass is 79.9. The van der Waals surface area contributed by atoms with Crippen molar-refractivity contribution in [2.24, 2.45) is 0 Å². The summed E-state index contributed by atoms with van der Waals surface area (Å²) >= 11 is 3.12. The molecule has 15 heavy (non-hydrogen) atoms. The molecule has 2 nitrogen and oxygen atoms in total. The lowest BCUT2D eigenvalue weighted by molar-refractivity contribution is 0.103. The number of ketones is 1. The third-order valence-electron chi connectivity index (χ3n) is 1.97. The van der Waals surface area contributed by atoms with Crippen LogP contribution in [0.1, 0.15) is 15.9 Å². The third kappa shape index (κ3) is 1.99. The summed E-state index contributed by atoms with van der Waals surface area (Å²) in [7, 11) is 0. The molecule has 0 bridgehead atoms. The van der Waals surface area contributed by atoms with Crippen LogP contribution in [0.3, 0.4) is 0 Å². The molecule has 2 aromatic rings. The molecule has 0 aliphatic carbocycles. The van der Waals surface area contributed by atoms with E-state index in [1.54, 1.807) is 6.07 Å². The van der Waals surface area contributed by atoms with Crippen molar-refractivity contribution in [2.45, 2.75) is 0 Å². The molecule has 0 atom stereocenters. The Hall–Kier alpha value is -1.42. The molecule has 76 valence electrons. The highest BCUT2D eigenvalue weighted by Crippen LogP contribution is 2.21. The number of carbonyl (C=O) groups is 1. The van der Waals surface area contributed by atoms with Crippen molar-refractivity contribution in [3.8, 4) is 0 Å². The number of furan rings is 1. The van der Waals surface area contributed by atoms with Crippen LogP contribution in [0.5, 0.6) is 0 Å². The van der Waals surface area contributed by atoms with Crippen molar-refractivity contribution < 1.29 is 13.6 Å². The smallest absolute Gasteiger partial charge is 0.197 e. The van der Waals surface area contributed by atoms with Crippen molar-refractivity contribution in [2.75, 3.05) is 0 Å². The fourth-order valence-corrected chi connectivity index (χ4v) is 1.63. The highest BCUT2D eigenvalue weighted by Gasteiger charge is 2.14. The molecule has 0 N–H and O–H groups in total. The Morgan fingerprint density at radius 3 is 2.40 bits per heavy atom. The normalized spacial score (nSPS) is 10.3. The minimum absolute atomic E-state index is 0.198. The molecule has 0 radical (unpaired) electrons. The molecule has 1 heterocycles. The molecule has 2 rings (SSSR count). The Labute approximate surface area is 93.8 Å². The van der Waals surface area contributed by atoms with Crippen LogP contribution >= 0.6 is 15.9 Å². The van der Waals surface area contributed by atoms with Gasteiger partial charge >= 0.3 is 0 Å². The zero-order valence-electron chi connectivity index (χ0n) is 7.54. The molecule has 1 aromatic heterocycles. The van der Waals surface area contributed by atoms with Crippen molar-refractivity contribution in [1.29, 1.82) is 0 Å². The van der Waals surface area contributed by atoms with E-state index in [1.165, 1.54) is 30.5 Å². The molecule has 0 saturated carbocycles. The highest BCUT2D eigenvalue weighted by molar-refractivity contribution is 9.10. The van der Waals surface area contributed by atoms with Gasteiger partial charge in [-0.05, 0) is 46.3 Å². The average molecular weight is 269 g/mol. The van der Waals surface area contributed by atoms with Crippen LogP contribution < -0.4 is 0 Å². The monoisotopic (exact) mass is 268 g/mol. The second-order valence-corrected chi connectivity index (χ2v) is 3.66. The molecule has 4 heteroatoms. The van der Waals surface area contributed by atoms with Crippen LogP contribution in [0.2, 0.25) is 0 Å². The summed E-state index contributed by atoms with van der Waals surface area (Å²) in [6.07, 6.45) is 1.42. The van der Waals surface area contributed by atoms with E-state index >= 15 is 0 Å². The molecule has 0 amide bonds. The Bertz CT molecular complexity index is 488. The van der Waals surface area contributed by atoms with Crippen LogP contribution in [0.25, 0.3) is 0 Å². The number of halogens is 2. The van der Waals surface area contributed by atoms with Gasteiger partial charge in [0.05, 0.1) is 11.8 Å². The standard InChI is InChI=1S/C11H6BrFO2/c12-11-9(5-6-15-11)10(14)7-1-3-8(13)4-2-7/h1-6H. The quantitative estimate of drug-likeness (QED) is 0.782. The van der Waals surface area contributed by atoms with Gasteiger partial charge in [0.1, 0.15) is 5.82 Å². The van der Waals surface area contributed by atoms with E-state index in [-0.39, 0.29) is 11.6 Å². The minimum Gasteiger partial charge on any atom is -0.457 e. The van der Waals surface area contributed by atoms with E-state index in [4.69, 9.17) is 4.42 Å². The van der Waals surface area contributed by atoms with E-state index in [2.05, 4.69) is 15.9 Å². The number of benzene rings is 1. The zero-order chi connectivity index (χ0) is 10.8. The molecular formula is C11H6BrFO2. The topological polar surface area (TPSA) is 30.2 Å². The molecule has 0 saturated heterocycles. The largest absolute Gasteiger partial charge is 0.457 e. The number of rotatable bonds is 2. The summed E-state index contributed by atoms with van der Waals surface area (Å²) in [5, 5.41) is 0. The van der Waals surface area contributed by atoms with Gasteiger partial charge in [0, 0.05) is 5.56 Å². The SMILES string of the molecule is O=C(c1ccc(F)cc1)c1ccoc1Br. The number of hydrogen-bond donors (Lipinski definition) is 0. The molecule has 1 aromatic carbocycles. The second kappa shape index (κ2) is 3.98. The predicted molar refractivity (Wildman–Crippen MR) is 56.2 cm³/mol. The summed E-state index contributed by atoms with van der Waals surface area (Å²) in [6.45, 7) is 0. The summed E-state index contributed by atoms with van der Waals surface area (Å²) in [5.74, 6) is -0.562. The van der Waals surface area contributed by atoms with Gasteiger partial charge in [-0.25, -0.2) is 4.39 Å². The van der Waals surface area contributed by atoms with Crippen LogP contribution in [0, 0.1) is 5.82 Å². The van der Waals surface area contributed by atoms with Crippen LogP contribution in [0.15, 0.2) is 45.7 Å². The average Bonchev–Trinajstić information content (AvgIpc) is 2.65. The van der Waals surface area contributed by atoms with Gasteiger partial charge in [0.2, 0.25) is 0 Å². The maximum atomic E-state index is 12.6. The van der Waals surface area contributed by atoms with Gasteiger partial charge in [-0.1, -0.05) is 0 Å². The van der Waals surface area contributed by atoms with Crippen molar-refractivity contribution in [3.63, 3.8) is 0 Å². The Balaban J connectivity index is 2.37. The molecular weight excluding hydrogens is 263 g/mol. The third-order valence-corrected chi connectivity index (χ3v) is 2.58. The lowest BCUT2D eigenvalue weighted by atomic mass is 10.1. The molecule has 0 spiro atoms. The van der Waals surface area contributed by atoms with E-state index in [0.29, 0.717) is 15.8 Å². The maximum Gasteiger partial charge on any atom is 0.197 e. The maximum absolute atomic E-state index is 12.6. The first kappa shape index (κ1) is 10.1. The van der Waals surface area contributed by atoms with E-state index in [1.807, 2.05) is 0 Å². The van der Waals surface area contributed by atoms with Crippen molar-refractivity contribution in [1.82, 2.24) is 0 Å². The zero-order valence-corrected chi connectivity index (χ0v) is 9.12. The van der Waals surface area contributed by atoms with Crippen LogP contribution in [-0.2, 0) is 0 Å². The first-order valence-electron chi connectivity index (χ1n) is 4.22. The summed E-state index contributed by atoms with van der Waals surface area (Å²) in [5.41, 5.74) is 0.861. The van der Waals surface area contributed by atoms with Gasteiger partial charge < -0.3 is 4.42 Å². The minimum atomic E-state index is -0.363. The van der Waals surface area contributed by atoms with E-state index in [0.717, 1.165) is 0 Å². The molecule has 0 unspecified atom stereocenters. The second-order valence-electron chi connectivity index (χ2n) is 2.94. The number of hydrogen-bond acceptors (Lipinski definition) is 2. The van der Waals surface area contributed by atoms with Gasteiger partial charge in [0.25, 0.3) is 0 Å². The van der Waals surface area contributed by atoms with Crippen molar-refractivity contribution in [3.05, 3.63) is 58.2 Å². The van der Waals surface area contributed by atoms with E-state index in [9.17, 15) is 9.18 Å². The summed E-state index contributed by atoms with van der Waals surface area (Å²) in [6, 6.07) is 6.95. The Morgan fingerprint density at radius 2 is 1.87 bits per heavy atom. The molecule has 0 fully saturated rings. The Morgan fingerprint density at radius 1 is 1.20 bits per heavy atom. The summed E-state index contributed by atoms with van der Waals surface area (Å²) in [4.78, 5) is 11.8. The van der Waals surface area contributed by atoms with Gasteiger partial charge in [-0.15, -0.1) is 0 Å². The van der Waals surface area contributed by atoms with Crippen LogP contribution in [0.4, 0.5) is 4.39 Å². The van der Waals surface area contributed by atoms with Crippen LogP contribution in [-0.4, -0.2) is 5.78 Å². The van der Waals surface area contributed by atoms with Gasteiger partial charge in [-0.2, -0.15) is 0 Å². The molecule has 0 aliphatic heterocycles. The van der Waals surface area contributed by atoms with Gasteiger partial charge in [-0.3, -0.25) is 4.79 Å². The lowest BCUT2D eigenvalue weighted by Gasteiger charge is -1.98. The number of carbonyl (C=O) groups excluding carboxylic acids is 1. The Kier molecular flexibility index (Phi) is 2.68. The summed E-state index contributed by atoms with van der Waals surface area (Å²) < 4.78 is 18.0. The first-order chi connectivity index (χ1) is 7.18. The fourth-order valence-electron chi connectivity index (χ4n) is 1.21.